The summed E-state index contributed by atoms with van der Waals surface area (Å²) in [6.07, 6.45) is -0.797. The van der Waals surface area contributed by atoms with Crippen LogP contribution < -0.4 is 10.1 Å². The van der Waals surface area contributed by atoms with E-state index in [4.69, 9.17) is 21.4 Å². The Morgan fingerprint density at radius 1 is 1.24 bits per heavy atom. The molecule has 4 rings (SSSR count). The van der Waals surface area contributed by atoms with Gasteiger partial charge in [0.25, 0.3) is 5.91 Å². The minimum absolute atomic E-state index is 0.0690. The SMILES string of the molecule is CS(=O)(=O)N(C(=O)Nc1nc2ccccc2s1)C(=O)c1cc(OC2CN(C(=O)O)C2)ccc1Cl. The number of para-hydroxylation sites is 1. The number of anilines is 1. The number of benzene rings is 2. The van der Waals surface area contributed by atoms with Crippen molar-refractivity contribution in [1.29, 1.82) is 0 Å². The van der Waals surface area contributed by atoms with Crippen molar-refractivity contribution in [2.75, 3.05) is 24.7 Å². The summed E-state index contributed by atoms with van der Waals surface area (Å²) in [6, 6.07) is 9.83. The van der Waals surface area contributed by atoms with Crippen LogP contribution in [-0.4, -0.2) is 71.2 Å². The van der Waals surface area contributed by atoms with Crippen molar-refractivity contribution in [2.24, 2.45) is 0 Å². The molecule has 1 aliphatic heterocycles. The van der Waals surface area contributed by atoms with Crippen LogP contribution >= 0.6 is 22.9 Å². The number of likely N-dealkylation sites (tertiary alicyclic amines) is 1. The number of halogens is 1. The van der Waals surface area contributed by atoms with Crippen LogP contribution in [0, 0.1) is 0 Å². The molecule has 34 heavy (non-hydrogen) atoms. The van der Waals surface area contributed by atoms with E-state index in [0.717, 1.165) is 20.9 Å². The van der Waals surface area contributed by atoms with Gasteiger partial charge in [-0.25, -0.2) is 23.0 Å². The first-order valence-electron chi connectivity index (χ1n) is 9.68. The molecule has 2 aromatic carbocycles. The summed E-state index contributed by atoms with van der Waals surface area (Å²) < 4.78 is 31.2. The number of aromatic nitrogens is 1. The van der Waals surface area contributed by atoms with Gasteiger partial charge in [0, 0.05) is 0 Å². The number of hydrogen-bond donors (Lipinski definition) is 2. The number of carbonyl (C=O) groups excluding carboxylic acids is 2. The van der Waals surface area contributed by atoms with Gasteiger partial charge in [0.05, 0.1) is 40.1 Å². The Hall–Kier alpha value is -3.42. The van der Waals surface area contributed by atoms with Gasteiger partial charge in [-0.05, 0) is 30.3 Å². The summed E-state index contributed by atoms with van der Waals surface area (Å²) in [6.45, 7) is 0.280. The number of rotatable bonds is 5. The van der Waals surface area contributed by atoms with Crippen molar-refractivity contribution in [2.45, 2.75) is 6.10 Å². The summed E-state index contributed by atoms with van der Waals surface area (Å²) in [5, 5.41) is 11.3. The van der Waals surface area contributed by atoms with Crippen LogP contribution in [-0.2, 0) is 10.0 Å². The van der Waals surface area contributed by atoms with E-state index in [1.54, 1.807) is 24.3 Å². The first-order valence-corrected chi connectivity index (χ1v) is 12.7. The highest BCUT2D eigenvalue weighted by molar-refractivity contribution is 7.89. The molecule has 3 aromatic rings. The number of carbonyl (C=O) groups is 3. The zero-order valence-electron chi connectivity index (χ0n) is 17.5. The lowest BCUT2D eigenvalue weighted by atomic mass is 10.1. The topological polar surface area (TPSA) is 146 Å². The summed E-state index contributed by atoms with van der Waals surface area (Å²) in [7, 11) is -4.35. The molecule has 0 bridgehead atoms. The molecule has 178 valence electrons. The predicted octanol–water partition coefficient (Wildman–Crippen LogP) is 3.32. The zero-order valence-corrected chi connectivity index (χ0v) is 19.9. The van der Waals surface area contributed by atoms with E-state index in [9.17, 15) is 22.8 Å². The number of ether oxygens (including phenoxy) is 1. The van der Waals surface area contributed by atoms with E-state index in [-0.39, 0.29) is 38.9 Å². The summed E-state index contributed by atoms with van der Waals surface area (Å²) in [5.41, 5.74) is 0.323. The monoisotopic (exact) mass is 524 g/mol. The number of carboxylic acid groups (broad SMARTS) is 1. The molecule has 0 unspecified atom stereocenters. The van der Waals surface area contributed by atoms with Gasteiger partial charge in [0.15, 0.2) is 5.13 Å². The Morgan fingerprint density at radius 3 is 2.59 bits per heavy atom. The molecule has 0 aliphatic carbocycles. The number of hydrogen-bond acceptors (Lipinski definition) is 8. The zero-order chi connectivity index (χ0) is 24.6. The minimum Gasteiger partial charge on any atom is -0.487 e. The lowest BCUT2D eigenvalue weighted by Gasteiger charge is -2.36. The maximum Gasteiger partial charge on any atom is 0.407 e. The second kappa shape index (κ2) is 9.08. The average Bonchev–Trinajstić information content (AvgIpc) is 3.12. The van der Waals surface area contributed by atoms with E-state index in [2.05, 4.69) is 10.3 Å². The molecule has 2 N–H and O–H groups in total. The number of nitrogens with zero attached hydrogens (tertiary/aromatic N) is 3. The molecule has 0 saturated carbocycles. The van der Waals surface area contributed by atoms with Crippen LogP contribution in [0.1, 0.15) is 10.4 Å². The van der Waals surface area contributed by atoms with E-state index in [1.807, 2.05) is 0 Å². The fourth-order valence-electron chi connectivity index (χ4n) is 3.17. The molecular formula is C20H17ClN4O7S2. The van der Waals surface area contributed by atoms with Gasteiger partial charge in [-0.15, -0.1) is 0 Å². The van der Waals surface area contributed by atoms with Crippen LogP contribution in [0.15, 0.2) is 42.5 Å². The van der Waals surface area contributed by atoms with Crippen LogP contribution in [0.25, 0.3) is 10.2 Å². The van der Waals surface area contributed by atoms with E-state index < -0.39 is 34.2 Å². The summed E-state index contributed by atoms with van der Waals surface area (Å²) in [4.78, 5) is 42.2. The summed E-state index contributed by atoms with van der Waals surface area (Å²) in [5.74, 6) is -1.01. The van der Waals surface area contributed by atoms with Gasteiger partial charge in [0.1, 0.15) is 11.9 Å². The van der Waals surface area contributed by atoms with Crippen LogP contribution in [0.2, 0.25) is 5.02 Å². The van der Waals surface area contributed by atoms with Gasteiger partial charge in [-0.3, -0.25) is 10.1 Å². The molecule has 2 heterocycles. The number of sulfonamides is 1. The van der Waals surface area contributed by atoms with Gasteiger partial charge >= 0.3 is 12.1 Å². The fraction of sp³-hybridized carbons (Fsp3) is 0.200. The molecule has 0 spiro atoms. The molecule has 0 atom stereocenters. The van der Waals surface area contributed by atoms with Crippen molar-refractivity contribution >= 4 is 66.3 Å². The summed E-state index contributed by atoms with van der Waals surface area (Å²) >= 11 is 7.24. The predicted molar refractivity (Wildman–Crippen MR) is 125 cm³/mol. The van der Waals surface area contributed by atoms with E-state index in [0.29, 0.717) is 11.8 Å². The maximum atomic E-state index is 13.1. The van der Waals surface area contributed by atoms with E-state index in [1.165, 1.54) is 18.2 Å². The number of imide groups is 1. The third-order valence-electron chi connectivity index (χ3n) is 4.80. The number of thiazole rings is 1. The van der Waals surface area contributed by atoms with Gasteiger partial charge in [-0.2, -0.15) is 4.31 Å². The maximum absolute atomic E-state index is 13.1. The number of fused-ring (bicyclic) bond motifs is 1. The third kappa shape index (κ3) is 4.90. The highest BCUT2D eigenvalue weighted by Crippen LogP contribution is 2.28. The van der Waals surface area contributed by atoms with Crippen molar-refractivity contribution in [3.63, 3.8) is 0 Å². The Morgan fingerprint density at radius 2 is 1.94 bits per heavy atom. The van der Waals surface area contributed by atoms with Crippen LogP contribution in [0.4, 0.5) is 14.7 Å². The largest absolute Gasteiger partial charge is 0.487 e. The fourth-order valence-corrected chi connectivity index (χ4v) is 4.97. The van der Waals surface area contributed by atoms with Crippen molar-refractivity contribution in [3.8, 4) is 5.75 Å². The normalized spacial score (nSPS) is 13.9. The molecular weight excluding hydrogens is 508 g/mol. The lowest BCUT2D eigenvalue weighted by molar-refractivity contribution is 0.0252. The highest BCUT2D eigenvalue weighted by atomic mass is 35.5. The number of nitrogens with one attached hydrogen (secondary N) is 1. The van der Waals surface area contributed by atoms with Gasteiger partial charge in [0.2, 0.25) is 10.0 Å². The number of urea groups is 1. The second-order valence-electron chi connectivity index (χ2n) is 7.32. The molecule has 4 amide bonds. The van der Waals surface area contributed by atoms with Crippen molar-refractivity contribution in [3.05, 3.63) is 53.1 Å². The Kier molecular flexibility index (Phi) is 6.34. The Balaban J connectivity index is 1.56. The molecule has 14 heteroatoms. The highest BCUT2D eigenvalue weighted by Gasteiger charge is 2.35. The molecule has 0 radical (unpaired) electrons. The van der Waals surface area contributed by atoms with Crippen molar-refractivity contribution < 1.29 is 32.6 Å². The molecule has 1 aromatic heterocycles. The molecule has 1 saturated heterocycles. The molecule has 11 nitrogen and oxygen atoms in total. The van der Waals surface area contributed by atoms with Crippen molar-refractivity contribution in [1.82, 2.24) is 14.2 Å². The van der Waals surface area contributed by atoms with Gasteiger partial charge < -0.3 is 14.7 Å². The smallest absolute Gasteiger partial charge is 0.407 e. The first kappa shape index (κ1) is 23.7. The Labute approximate surface area is 202 Å². The quantitative estimate of drug-likeness (QED) is 0.516. The minimum atomic E-state index is -4.35. The first-order chi connectivity index (χ1) is 16.0. The Bertz CT molecular complexity index is 1370. The van der Waals surface area contributed by atoms with Gasteiger partial charge in [-0.1, -0.05) is 35.1 Å². The van der Waals surface area contributed by atoms with Crippen LogP contribution in [0.3, 0.4) is 0 Å². The third-order valence-corrected chi connectivity index (χ3v) is 7.07. The number of amides is 4. The lowest BCUT2D eigenvalue weighted by Crippen LogP contribution is -2.55. The second-order valence-corrected chi connectivity index (χ2v) is 10.6. The standard InChI is InChI=1S/C20H17ClN4O7S2/c1-34(30,31)25(19(27)23-18-22-15-4-2-3-5-16(15)33-18)17(26)13-8-11(6-7-14(13)21)32-12-9-24(10-12)20(28)29/h2-8,12H,9-10H2,1H3,(H,28,29)(H,22,23,27). The average molecular weight is 525 g/mol. The van der Waals surface area contributed by atoms with Crippen LogP contribution in [0.5, 0.6) is 5.75 Å². The van der Waals surface area contributed by atoms with E-state index >= 15 is 0 Å². The molecule has 1 fully saturated rings. The molecule has 1 aliphatic rings.